The normalized spacial score (nSPS) is 10.5. The van der Waals surface area contributed by atoms with Crippen molar-refractivity contribution in [1.82, 2.24) is 4.98 Å². The zero-order valence-corrected chi connectivity index (χ0v) is 11.6. The lowest BCUT2D eigenvalue weighted by molar-refractivity contribution is -0.139. The molecule has 0 aliphatic heterocycles. The lowest BCUT2D eigenvalue weighted by atomic mass is 10.0. The Morgan fingerprint density at radius 1 is 1.21 bits per heavy atom. The fourth-order valence-corrected chi connectivity index (χ4v) is 2.18. The summed E-state index contributed by atoms with van der Waals surface area (Å²) >= 11 is 0. The number of pyridine rings is 1. The highest BCUT2D eigenvalue weighted by Crippen LogP contribution is 2.29. The molecule has 0 N–H and O–H groups in total. The van der Waals surface area contributed by atoms with E-state index < -0.39 is 0 Å². The van der Waals surface area contributed by atoms with E-state index in [-0.39, 0.29) is 12.4 Å². The van der Waals surface area contributed by atoms with E-state index in [1.54, 1.807) is 7.11 Å². The standard InChI is InChI=1S/C15H17NO3/c1-9-5-11(8-14(17)19-4)15-12(6-9)13(18-3)7-10(2)16-15/h5-7H,8H2,1-4H3. The van der Waals surface area contributed by atoms with Crippen LogP contribution in [0.2, 0.25) is 0 Å². The third-order valence-corrected chi connectivity index (χ3v) is 3.01. The average Bonchev–Trinajstić information content (AvgIpc) is 2.38. The Balaban J connectivity index is 2.69. The number of hydrogen-bond acceptors (Lipinski definition) is 4. The molecule has 0 unspecified atom stereocenters. The number of fused-ring (bicyclic) bond motifs is 1. The lowest BCUT2D eigenvalue weighted by Crippen LogP contribution is -2.06. The van der Waals surface area contributed by atoms with E-state index in [4.69, 9.17) is 9.47 Å². The Morgan fingerprint density at radius 2 is 1.95 bits per heavy atom. The third kappa shape index (κ3) is 2.67. The van der Waals surface area contributed by atoms with Crippen molar-refractivity contribution < 1.29 is 14.3 Å². The molecule has 0 aliphatic carbocycles. The minimum absolute atomic E-state index is 0.217. The largest absolute Gasteiger partial charge is 0.496 e. The van der Waals surface area contributed by atoms with Gasteiger partial charge in [0.2, 0.25) is 0 Å². The number of aromatic nitrogens is 1. The number of carbonyl (C=O) groups excluding carboxylic acids is 1. The van der Waals surface area contributed by atoms with Crippen LogP contribution in [0.15, 0.2) is 18.2 Å². The number of nitrogens with zero attached hydrogens (tertiary/aromatic N) is 1. The molecule has 1 heterocycles. The molecule has 100 valence electrons. The summed E-state index contributed by atoms with van der Waals surface area (Å²) in [5.74, 6) is 0.506. The summed E-state index contributed by atoms with van der Waals surface area (Å²) in [6.07, 6.45) is 0.217. The molecular formula is C15H17NO3. The van der Waals surface area contributed by atoms with Gasteiger partial charge >= 0.3 is 5.97 Å². The fraction of sp³-hybridized carbons (Fsp3) is 0.333. The van der Waals surface area contributed by atoms with Crippen molar-refractivity contribution in [2.45, 2.75) is 20.3 Å². The predicted molar refractivity (Wildman–Crippen MR) is 73.5 cm³/mol. The molecule has 0 saturated carbocycles. The Hall–Kier alpha value is -2.10. The summed E-state index contributed by atoms with van der Waals surface area (Å²) in [5, 5.41) is 0.923. The molecule has 0 spiro atoms. The molecule has 1 aromatic carbocycles. The summed E-state index contributed by atoms with van der Waals surface area (Å²) < 4.78 is 10.1. The number of methoxy groups -OCH3 is 2. The van der Waals surface area contributed by atoms with Crippen molar-refractivity contribution >= 4 is 16.9 Å². The van der Waals surface area contributed by atoms with Crippen LogP contribution in [0.3, 0.4) is 0 Å². The van der Waals surface area contributed by atoms with Crippen LogP contribution in [0.25, 0.3) is 10.9 Å². The van der Waals surface area contributed by atoms with Gasteiger partial charge in [-0.3, -0.25) is 9.78 Å². The molecule has 4 heteroatoms. The van der Waals surface area contributed by atoms with Crippen LogP contribution in [-0.2, 0) is 16.0 Å². The van der Waals surface area contributed by atoms with Gasteiger partial charge in [0.05, 0.1) is 26.2 Å². The van der Waals surface area contributed by atoms with E-state index in [1.807, 2.05) is 32.0 Å². The molecule has 0 aliphatic rings. The summed E-state index contributed by atoms with van der Waals surface area (Å²) in [4.78, 5) is 16.0. The van der Waals surface area contributed by atoms with Crippen LogP contribution >= 0.6 is 0 Å². The Kier molecular flexibility index (Phi) is 3.69. The van der Waals surface area contributed by atoms with E-state index >= 15 is 0 Å². The van der Waals surface area contributed by atoms with Crippen molar-refractivity contribution in [2.24, 2.45) is 0 Å². The highest BCUT2D eigenvalue weighted by Gasteiger charge is 2.12. The smallest absolute Gasteiger partial charge is 0.310 e. The third-order valence-electron chi connectivity index (χ3n) is 3.01. The molecule has 0 bridgehead atoms. The predicted octanol–water partition coefficient (Wildman–Crippen LogP) is 2.58. The number of benzene rings is 1. The number of hydrogen-bond donors (Lipinski definition) is 0. The molecule has 1 aromatic heterocycles. The highest BCUT2D eigenvalue weighted by molar-refractivity contribution is 5.91. The Labute approximate surface area is 112 Å². The molecule has 0 amide bonds. The van der Waals surface area contributed by atoms with Crippen LogP contribution in [0.5, 0.6) is 5.75 Å². The van der Waals surface area contributed by atoms with Gasteiger partial charge in [-0.05, 0) is 31.0 Å². The number of aryl methyl sites for hydroxylation is 2. The summed E-state index contributed by atoms with van der Waals surface area (Å²) in [6.45, 7) is 3.89. The topological polar surface area (TPSA) is 48.4 Å². The molecule has 0 saturated heterocycles. The van der Waals surface area contributed by atoms with E-state index in [0.29, 0.717) is 0 Å². The van der Waals surface area contributed by atoms with Crippen LogP contribution < -0.4 is 4.74 Å². The first-order valence-corrected chi connectivity index (χ1v) is 6.07. The van der Waals surface area contributed by atoms with Gasteiger partial charge in [-0.1, -0.05) is 6.07 Å². The van der Waals surface area contributed by atoms with E-state index in [0.717, 1.165) is 33.5 Å². The van der Waals surface area contributed by atoms with E-state index in [9.17, 15) is 4.79 Å². The number of carbonyl (C=O) groups is 1. The molecule has 19 heavy (non-hydrogen) atoms. The van der Waals surface area contributed by atoms with Crippen molar-refractivity contribution in [3.8, 4) is 5.75 Å². The quantitative estimate of drug-likeness (QED) is 0.795. The fourth-order valence-electron chi connectivity index (χ4n) is 2.18. The van der Waals surface area contributed by atoms with Crippen molar-refractivity contribution in [3.05, 3.63) is 35.0 Å². The summed E-state index contributed by atoms with van der Waals surface area (Å²) in [7, 11) is 3.02. The van der Waals surface area contributed by atoms with Gasteiger partial charge in [0, 0.05) is 17.1 Å². The lowest BCUT2D eigenvalue weighted by Gasteiger charge is -2.11. The highest BCUT2D eigenvalue weighted by atomic mass is 16.5. The second kappa shape index (κ2) is 5.26. The first kappa shape index (κ1) is 13.3. The van der Waals surface area contributed by atoms with Crippen molar-refractivity contribution in [1.29, 1.82) is 0 Å². The van der Waals surface area contributed by atoms with Crippen LogP contribution in [-0.4, -0.2) is 25.2 Å². The maximum Gasteiger partial charge on any atom is 0.310 e. The first-order chi connectivity index (χ1) is 9.05. The summed E-state index contributed by atoms with van der Waals surface area (Å²) in [5.41, 5.74) is 3.59. The van der Waals surface area contributed by atoms with Gasteiger partial charge in [0.25, 0.3) is 0 Å². The Bertz CT molecular complexity index is 635. The molecule has 4 nitrogen and oxygen atoms in total. The van der Waals surface area contributed by atoms with Gasteiger partial charge in [-0.25, -0.2) is 0 Å². The molecular weight excluding hydrogens is 242 g/mol. The van der Waals surface area contributed by atoms with Crippen LogP contribution in [0.1, 0.15) is 16.8 Å². The summed E-state index contributed by atoms with van der Waals surface area (Å²) in [6, 6.07) is 5.87. The zero-order chi connectivity index (χ0) is 14.0. The second-order valence-corrected chi connectivity index (χ2v) is 4.54. The van der Waals surface area contributed by atoms with Crippen LogP contribution in [0.4, 0.5) is 0 Å². The minimum Gasteiger partial charge on any atom is -0.496 e. The number of ether oxygens (including phenoxy) is 2. The van der Waals surface area contributed by atoms with Crippen LogP contribution in [0, 0.1) is 13.8 Å². The zero-order valence-electron chi connectivity index (χ0n) is 11.6. The monoisotopic (exact) mass is 259 g/mol. The number of esters is 1. The maximum atomic E-state index is 11.5. The Morgan fingerprint density at radius 3 is 2.58 bits per heavy atom. The van der Waals surface area contributed by atoms with Gasteiger partial charge in [-0.15, -0.1) is 0 Å². The van der Waals surface area contributed by atoms with Crippen molar-refractivity contribution in [2.75, 3.05) is 14.2 Å². The molecule has 0 radical (unpaired) electrons. The second-order valence-electron chi connectivity index (χ2n) is 4.54. The van der Waals surface area contributed by atoms with Crippen molar-refractivity contribution in [3.63, 3.8) is 0 Å². The van der Waals surface area contributed by atoms with E-state index in [1.165, 1.54) is 7.11 Å². The maximum absolute atomic E-state index is 11.5. The van der Waals surface area contributed by atoms with Gasteiger partial charge in [0.1, 0.15) is 5.75 Å². The average molecular weight is 259 g/mol. The van der Waals surface area contributed by atoms with Gasteiger partial charge in [-0.2, -0.15) is 0 Å². The SMILES string of the molecule is COC(=O)Cc1cc(C)cc2c(OC)cc(C)nc12. The first-order valence-electron chi connectivity index (χ1n) is 6.07. The molecule has 2 aromatic rings. The van der Waals surface area contributed by atoms with Gasteiger partial charge in [0.15, 0.2) is 0 Å². The molecule has 0 fully saturated rings. The van der Waals surface area contributed by atoms with Gasteiger partial charge < -0.3 is 9.47 Å². The molecule has 0 atom stereocenters. The minimum atomic E-state index is -0.269. The van der Waals surface area contributed by atoms with E-state index in [2.05, 4.69) is 4.98 Å². The molecule has 2 rings (SSSR count). The number of rotatable bonds is 3.